The van der Waals surface area contributed by atoms with Crippen LogP contribution in [0.15, 0.2) is 84.9 Å². The maximum absolute atomic E-state index is 7.23. The molecule has 53 heavy (non-hydrogen) atoms. The third-order valence-electron chi connectivity index (χ3n) is 12.1. The molecule has 270 valence electrons. The van der Waals surface area contributed by atoms with E-state index in [1.165, 1.54) is 74.0 Å². The summed E-state index contributed by atoms with van der Waals surface area (Å²) in [6.45, 7) is 27.8. The topological polar surface area (TPSA) is 21.7 Å². The van der Waals surface area contributed by atoms with Crippen molar-refractivity contribution >= 4 is 65.1 Å². The van der Waals surface area contributed by atoms with Gasteiger partial charge in [0.2, 0.25) is 0 Å². The first-order valence-corrected chi connectivity index (χ1v) is 24.6. The second-order valence-corrected chi connectivity index (χ2v) is 27.9. The summed E-state index contributed by atoms with van der Waals surface area (Å²) in [5, 5.41) is 5.14. The number of nitrogens with zero attached hydrogens (tertiary/aromatic N) is 1. The predicted octanol–water partition coefficient (Wildman–Crippen LogP) is 12.3. The zero-order valence-electron chi connectivity index (χ0n) is 33.8. The third kappa shape index (κ3) is 4.84. The molecule has 0 amide bonds. The summed E-state index contributed by atoms with van der Waals surface area (Å²) in [6.07, 6.45) is 0. The van der Waals surface area contributed by atoms with Crippen molar-refractivity contribution in [3.05, 3.63) is 107 Å². The van der Waals surface area contributed by atoms with Crippen LogP contribution >= 0.6 is 0 Å². The minimum atomic E-state index is -3.46. The molecule has 4 heteroatoms. The monoisotopic (exact) mass is 761 g/mol. The Kier molecular flexibility index (Phi) is 6.99. The van der Waals surface area contributed by atoms with Crippen LogP contribution in [-0.4, -0.2) is 13.3 Å². The normalized spacial score (nSPS) is 15.7. The van der Waals surface area contributed by atoms with Crippen molar-refractivity contribution in [2.24, 2.45) is 0 Å². The van der Waals surface area contributed by atoms with Gasteiger partial charge in [0.25, 0.3) is 0 Å². The Labute approximate surface area is 318 Å². The Morgan fingerprint density at radius 1 is 0.434 bits per heavy atom. The van der Waals surface area contributed by atoms with Crippen LogP contribution in [0, 0.1) is 0 Å². The number of anilines is 3. The van der Waals surface area contributed by atoms with Gasteiger partial charge < -0.3 is 0 Å². The Balaban J connectivity index is 1.51. The fourth-order valence-corrected chi connectivity index (χ4v) is 19.1. The van der Waals surface area contributed by atoms with Gasteiger partial charge >= 0.3 is 320 Å². The first kappa shape index (κ1) is 34.5. The molecule has 9 rings (SSSR count). The molecular weight excluding hydrogens is 707 g/mol. The summed E-state index contributed by atoms with van der Waals surface area (Å²) in [7, 11) is 0. The summed E-state index contributed by atoms with van der Waals surface area (Å²) >= 11 is -3.46. The predicted molar refractivity (Wildman–Crippen MR) is 228 cm³/mol. The summed E-state index contributed by atoms with van der Waals surface area (Å²) in [5.74, 6) is 6.61. The van der Waals surface area contributed by atoms with Gasteiger partial charge in [-0.3, -0.25) is 0 Å². The number of hydrogen-bond donors (Lipinski definition) is 0. The molecule has 0 unspecified atom stereocenters. The van der Waals surface area contributed by atoms with Crippen molar-refractivity contribution in [2.75, 3.05) is 4.90 Å². The van der Waals surface area contributed by atoms with Crippen molar-refractivity contribution in [2.45, 2.75) is 111 Å². The van der Waals surface area contributed by atoms with Gasteiger partial charge in [0, 0.05) is 0 Å². The van der Waals surface area contributed by atoms with Gasteiger partial charge in [-0.2, -0.15) is 0 Å². The molecule has 3 aliphatic rings. The molecule has 0 N–H and O–H groups in total. The number of ether oxygens (including phenoxy) is 2. The van der Waals surface area contributed by atoms with Crippen LogP contribution in [0.4, 0.5) is 17.1 Å². The van der Waals surface area contributed by atoms with Crippen LogP contribution < -0.4 is 27.6 Å². The van der Waals surface area contributed by atoms with Crippen LogP contribution in [0.3, 0.4) is 0 Å². The Hall–Kier alpha value is -4.22. The van der Waals surface area contributed by atoms with Gasteiger partial charge in [-0.15, -0.1) is 0 Å². The van der Waals surface area contributed by atoms with Crippen molar-refractivity contribution in [1.29, 1.82) is 0 Å². The number of benzene rings is 6. The van der Waals surface area contributed by atoms with Gasteiger partial charge in [0.15, 0.2) is 0 Å². The molecule has 0 saturated carbocycles. The molecule has 0 saturated heterocycles. The van der Waals surface area contributed by atoms with E-state index in [-0.39, 0.29) is 21.7 Å². The van der Waals surface area contributed by atoms with E-state index in [1.807, 2.05) is 0 Å². The van der Waals surface area contributed by atoms with Crippen LogP contribution in [-0.2, 0) is 21.7 Å². The summed E-state index contributed by atoms with van der Waals surface area (Å²) in [5.41, 5.74) is 8.63. The van der Waals surface area contributed by atoms with Crippen LogP contribution in [0.2, 0.25) is 5.76 Å². The van der Waals surface area contributed by atoms with Crippen LogP contribution in [0.5, 0.6) is 23.0 Å². The van der Waals surface area contributed by atoms with Gasteiger partial charge in [0.1, 0.15) is 0 Å². The van der Waals surface area contributed by atoms with E-state index in [4.69, 9.17) is 9.47 Å². The zero-order valence-corrected chi connectivity index (χ0v) is 35.9. The Morgan fingerprint density at radius 2 is 0.774 bits per heavy atom. The molecule has 3 heterocycles. The molecule has 3 aliphatic heterocycles. The zero-order chi connectivity index (χ0) is 37.8. The molecule has 6 aromatic carbocycles. The molecule has 3 nitrogen and oxygen atoms in total. The van der Waals surface area contributed by atoms with E-state index >= 15 is 0 Å². The molecule has 0 radical (unpaired) electrons. The molecule has 0 atom stereocenters. The second-order valence-electron chi connectivity index (χ2n) is 20.1. The van der Waals surface area contributed by atoms with E-state index in [0.29, 0.717) is 0 Å². The molecule has 0 aromatic heterocycles. The quantitative estimate of drug-likeness (QED) is 0.123. The fraction of sp³-hybridized carbons (Fsp3) is 0.347. The van der Waals surface area contributed by atoms with Gasteiger partial charge in [0.05, 0.1) is 0 Å². The van der Waals surface area contributed by atoms with Gasteiger partial charge in [-0.1, -0.05) is 0 Å². The average Bonchev–Trinajstić information content (AvgIpc) is 3.05. The molecule has 0 bridgehead atoms. The second kappa shape index (κ2) is 10.7. The number of fused-ring (bicyclic) bond motifs is 2. The van der Waals surface area contributed by atoms with E-state index in [0.717, 1.165) is 23.0 Å². The van der Waals surface area contributed by atoms with Crippen molar-refractivity contribution in [3.63, 3.8) is 0 Å². The number of hydrogen-bond acceptors (Lipinski definition) is 3. The van der Waals surface area contributed by atoms with Crippen molar-refractivity contribution in [3.8, 4) is 23.0 Å². The van der Waals surface area contributed by atoms with Crippen LogP contribution in [0.1, 0.15) is 105 Å². The number of rotatable bonds is 1. The SMILES string of the molecule is CC(C)(C)c1cc2[c]3c(c1)Oc1cc(C(C)(C)C)cc4[c]1[Ge]3([CH3])[c]1c(cc(C(C)(C)C)cc1N4c1c3ccccc3c(C(C)(C)C)c3ccccc13)O2. The summed E-state index contributed by atoms with van der Waals surface area (Å²) in [4.78, 5) is 2.64. The van der Waals surface area contributed by atoms with E-state index in [2.05, 4.69) is 179 Å². The molecule has 0 aliphatic carbocycles. The average molecular weight is 761 g/mol. The minimum absolute atomic E-state index is 0.0577. The summed E-state index contributed by atoms with van der Waals surface area (Å²) in [6, 6.07) is 32.6. The standard InChI is InChI=1S/C49H53GeNO2/c1-46(2,3)28-22-35-42-37(24-28)52-39-26-30(48(7,8)9)27-40-44(39)50(42,13)43-36(23-29(47(4,5)6)25-38(43)53-40)51(35)45-33-20-16-14-18-31(33)41(49(10,11)12)32-19-15-17-21-34(32)45/h14-27H,1-13H3. The van der Waals surface area contributed by atoms with Gasteiger partial charge in [-0.25, -0.2) is 0 Å². The van der Waals surface area contributed by atoms with Crippen molar-refractivity contribution in [1.82, 2.24) is 0 Å². The maximum atomic E-state index is 7.23. The molecule has 0 spiro atoms. The van der Waals surface area contributed by atoms with E-state index < -0.39 is 13.3 Å². The molecule has 0 fully saturated rings. The fourth-order valence-electron chi connectivity index (χ4n) is 9.40. The first-order chi connectivity index (χ1) is 24.7. The molecular formula is C49H53GeNO2. The summed E-state index contributed by atoms with van der Waals surface area (Å²) < 4.78 is 18.5. The van der Waals surface area contributed by atoms with Crippen molar-refractivity contribution < 1.29 is 9.47 Å². The Bertz CT molecular complexity index is 2410. The Morgan fingerprint density at radius 3 is 1.13 bits per heavy atom. The molecule has 6 aromatic rings. The first-order valence-electron chi connectivity index (χ1n) is 19.4. The van der Waals surface area contributed by atoms with Gasteiger partial charge in [-0.05, 0) is 0 Å². The third-order valence-corrected chi connectivity index (χ3v) is 21.6. The van der Waals surface area contributed by atoms with Crippen LogP contribution in [0.25, 0.3) is 21.5 Å². The van der Waals surface area contributed by atoms with E-state index in [9.17, 15) is 0 Å². The van der Waals surface area contributed by atoms with E-state index in [1.54, 1.807) is 0 Å².